The van der Waals surface area contributed by atoms with E-state index in [4.69, 9.17) is 9.73 Å². The average molecular weight is 485 g/mol. The van der Waals surface area contributed by atoms with Gasteiger partial charge < -0.3 is 4.74 Å². The molecule has 0 saturated carbocycles. The van der Waals surface area contributed by atoms with Gasteiger partial charge in [0.05, 0.1) is 16.3 Å². The number of hydrogen-bond donors (Lipinski definition) is 0. The van der Waals surface area contributed by atoms with Gasteiger partial charge in [-0.05, 0) is 97.6 Å². The summed E-state index contributed by atoms with van der Waals surface area (Å²) in [6.07, 6.45) is 2.16. The topological polar surface area (TPSA) is 59.0 Å². The Bertz CT molecular complexity index is 1360. The molecule has 5 nitrogen and oxygen atoms in total. The highest BCUT2D eigenvalue weighted by Gasteiger charge is 2.35. The van der Waals surface area contributed by atoms with Crippen LogP contribution in [-0.2, 0) is 9.59 Å². The van der Waals surface area contributed by atoms with Crippen LogP contribution in [0.15, 0.2) is 70.6 Å². The van der Waals surface area contributed by atoms with Gasteiger partial charge in [-0.1, -0.05) is 43.3 Å². The molecule has 3 aromatic rings. The van der Waals surface area contributed by atoms with Gasteiger partial charge >= 0.3 is 5.97 Å². The number of ether oxygens (including phenoxy) is 1. The third kappa shape index (κ3) is 5.54. The van der Waals surface area contributed by atoms with E-state index in [1.807, 2.05) is 76.2 Å². The SMILES string of the molecule is CCC(=O)Oc1ccc(/C=C2/SC(=Nc3cc(C)ccc3C)N(c3cc(C)ccc3C)C2=O)cc1. The Morgan fingerprint density at radius 1 is 0.943 bits per heavy atom. The van der Waals surface area contributed by atoms with Crippen LogP contribution in [-0.4, -0.2) is 17.0 Å². The summed E-state index contributed by atoms with van der Waals surface area (Å²) in [5.41, 5.74) is 6.75. The van der Waals surface area contributed by atoms with Gasteiger partial charge in [-0.15, -0.1) is 0 Å². The van der Waals surface area contributed by atoms with Crippen LogP contribution in [0.1, 0.15) is 41.2 Å². The lowest BCUT2D eigenvalue weighted by Crippen LogP contribution is -2.29. The maximum atomic E-state index is 13.7. The molecule has 3 aromatic carbocycles. The third-order valence-electron chi connectivity index (χ3n) is 5.69. The molecule has 0 aliphatic carbocycles. The number of rotatable bonds is 5. The van der Waals surface area contributed by atoms with Crippen LogP contribution >= 0.6 is 11.8 Å². The third-order valence-corrected chi connectivity index (χ3v) is 6.66. The van der Waals surface area contributed by atoms with Gasteiger partial charge in [-0.3, -0.25) is 14.5 Å². The van der Waals surface area contributed by atoms with Gasteiger partial charge in [0, 0.05) is 6.42 Å². The lowest BCUT2D eigenvalue weighted by molar-refractivity contribution is -0.134. The molecule has 0 atom stereocenters. The van der Waals surface area contributed by atoms with Crippen molar-refractivity contribution in [1.82, 2.24) is 0 Å². The van der Waals surface area contributed by atoms with Crippen molar-refractivity contribution in [2.75, 3.05) is 4.90 Å². The van der Waals surface area contributed by atoms with Crippen molar-refractivity contribution in [2.24, 2.45) is 4.99 Å². The smallest absolute Gasteiger partial charge is 0.310 e. The van der Waals surface area contributed by atoms with Crippen molar-refractivity contribution < 1.29 is 14.3 Å². The molecular formula is C29H28N2O3S. The molecule has 0 aromatic heterocycles. The highest BCUT2D eigenvalue weighted by molar-refractivity contribution is 8.19. The lowest BCUT2D eigenvalue weighted by Gasteiger charge is -2.19. The predicted octanol–water partition coefficient (Wildman–Crippen LogP) is 7.04. The fraction of sp³-hybridized carbons (Fsp3) is 0.207. The van der Waals surface area contributed by atoms with Crippen LogP contribution in [0, 0.1) is 27.7 Å². The molecule has 1 aliphatic rings. The lowest BCUT2D eigenvalue weighted by atomic mass is 10.1. The summed E-state index contributed by atoms with van der Waals surface area (Å²) in [5.74, 6) is 0.0851. The van der Waals surface area contributed by atoms with Gasteiger partial charge in [0.2, 0.25) is 0 Å². The summed E-state index contributed by atoms with van der Waals surface area (Å²) < 4.78 is 5.25. The molecule has 1 fully saturated rings. The predicted molar refractivity (Wildman–Crippen MR) is 144 cm³/mol. The Morgan fingerprint density at radius 3 is 2.29 bits per heavy atom. The van der Waals surface area contributed by atoms with Crippen LogP contribution in [0.3, 0.4) is 0 Å². The summed E-state index contributed by atoms with van der Waals surface area (Å²) in [5, 5.41) is 0.622. The number of esters is 1. The zero-order chi connectivity index (χ0) is 25.1. The molecular weight excluding hydrogens is 456 g/mol. The van der Waals surface area contributed by atoms with E-state index < -0.39 is 0 Å². The fourth-order valence-electron chi connectivity index (χ4n) is 3.65. The van der Waals surface area contributed by atoms with Crippen molar-refractivity contribution in [3.8, 4) is 5.75 Å². The van der Waals surface area contributed by atoms with Crippen molar-refractivity contribution in [2.45, 2.75) is 41.0 Å². The Kier molecular flexibility index (Phi) is 7.22. The van der Waals surface area contributed by atoms with Gasteiger partial charge in [0.15, 0.2) is 5.17 Å². The molecule has 0 spiro atoms. The molecule has 0 radical (unpaired) electrons. The van der Waals surface area contributed by atoms with Crippen LogP contribution in [0.25, 0.3) is 6.08 Å². The number of nitrogens with zero attached hydrogens (tertiary/aromatic N) is 2. The zero-order valence-electron chi connectivity index (χ0n) is 20.6. The normalized spacial score (nSPS) is 15.8. The second-order valence-corrected chi connectivity index (χ2v) is 9.63. The number of hydrogen-bond acceptors (Lipinski definition) is 5. The van der Waals surface area contributed by atoms with Gasteiger partial charge in [0.25, 0.3) is 5.91 Å². The van der Waals surface area contributed by atoms with E-state index in [0.717, 1.165) is 39.2 Å². The fourth-order valence-corrected chi connectivity index (χ4v) is 4.64. The monoisotopic (exact) mass is 484 g/mol. The zero-order valence-corrected chi connectivity index (χ0v) is 21.4. The first-order valence-corrected chi connectivity index (χ1v) is 12.3. The first kappa shape index (κ1) is 24.5. The molecule has 1 heterocycles. The molecule has 6 heteroatoms. The number of amidine groups is 1. The summed E-state index contributed by atoms with van der Waals surface area (Å²) in [6, 6.07) is 19.4. The Hall–Kier alpha value is -3.64. The molecule has 1 aliphatic heterocycles. The van der Waals surface area contributed by atoms with Crippen LogP contribution in [0.4, 0.5) is 11.4 Å². The van der Waals surface area contributed by atoms with Gasteiger partial charge in [-0.2, -0.15) is 0 Å². The second kappa shape index (κ2) is 10.3. The number of benzene rings is 3. The van der Waals surface area contributed by atoms with Crippen LogP contribution in [0.2, 0.25) is 0 Å². The molecule has 178 valence electrons. The van der Waals surface area contributed by atoms with E-state index >= 15 is 0 Å². The molecule has 1 saturated heterocycles. The minimum absolute atomic E-state index is 0.116. The minimum atomic E-state index is -0.283. The average Bonchev–Trinajstić information content (AvgIpc) is 3.13. The summed E-state index contributed by atoms with van der Waals surface area (Å²) >= 11 is 1.36. The molecule has 4 rings (SSSR count). The molecule has 0 bridgehead atoms. The molecule has 0 N–H and O–H groups in total. The minimum Gasteiger partial charge on any atom is -0.427 e. The number of aliphatic imine (C=N–C) groups is 1. The van der Waals surface area contributed by atoms with E-state index in [0.29, 0.717) is 22.2 Å². The van der Waals surface area contributed by atoms with Gasteiger partial charge in [0.1, 0.15) is 5.75 Å². The maximum Gasteiger partial charge on any atom is 0.310 e. The second-order valence-electron chi connectivity index (χ2n) is 8.62. The van der Waals surface area contributed by atoms with E-state index in [1.165, 1.54) is 11.8 Å². The van der Waals surface area contributed by atoms with E-state index in [1.54, 1.807) is 24.0 Å². The summed E-state index contributed by atoms with van der Waals surface area (Å²) in [4.78, 5) is 32.4. The van der Waals surface area contributed by atoms with E-state index in [-0.39, 0.29) is 11.9 Å². The Balaban J connectivity index is 1.75. The number of carbonyl (C=O) groups excluding carboxylic acids is 2. The highest BCUT2D eigenvalue weighted by atomic mass is 32.2. The van der Waals surface area contributed by atoms with Crippen molar-refractivity contribution in [1.29, 1.82) is 0 Å². The number of thioether (sulfide) groups is 1. The number of anilines is 1. The standard InChI is InChI=1S/C29H28N2O3S/c1-6-27(32)34-23-13-11-22(12-14-23)17-26-28(33)31(25-16-19(3)8-10-21(25)5)29(35-26)30-24-15-18(2)7-9-20(24)4/h7-17H,6H2,1-5H3/b26-17+,30-29?. The first-order valence-electron chi connectivity index (χ1n) is 11.5. The quantitative estimate of drug-likeness (QED) is 0.221. The van der Waals surface area contributed by atoms with Crippen molar-refractivity contribution in [3.05, 3.63) is 93.4 Å². The summed E-state index contributed by atoms with van der Waals surface area (Å²) in [6.45, 7) is 9.82. The highest BCUT2D eigenvalue weighted by Crippen LogP contribution is 2.39. The number of carbonyl (C=O) groups is 2. The number of amides is 1. The molecule has 0 unspecified atom stereocenters. The Labute approximate surface area is 210 Å². The first-order chi connectivity index (χ1) is 16.7. The van der Waals surface area contributed by atoms with E-state index in [2.05, 4.69) is 6.07 Å². The number of aryl methyl sites for hydroxylation is 4. The van der Waals surface area contributed by atoms with Crippen molar-refractivity contribution >= 4 is 46.3 Å². The molecule has 1 amide bonds. The largest absolute Gasteiger partial charge is 0.427 e. The van der Waals surface area contributed by atoms with Crippen LogP contribution < -0.4 is 9.64 Å². The van der Waals surface area contributed by atoms with Crippen LogP contribution in [0.5, 0.6) is 5.75 Å². The summed E-state index contributed by atoms with van der Waals surface area (Å²) in [7, 11) is 0. The molecule has 35 heavy (non-hydrogen) atoms. The maximum absolute atomic E-state index is 13.7. The van der Waals surface area contributed by atoms with Crippen molar-refractivity contribution in [3.63, 3.8) is 0 Å². The van der Waals surface area contributed by atoms with Gasteiger partial charge in [-0.25, -0.2) is 4.99 Å². The Morgan fingerprint density at radius 2 is 1.60 bits per heavy atom. The van der Waals surface area contributed by atoms with E-state index in [9.17, 15) is 9.59 Å².